The van der Waals surface area contributed by atoms with Crippen LogP contribution in [0.4, 0.5) is 8.78 Å². The summed E-state index contributed by atoms with van der Waals surface area (Å²) in [4.78, 5) is 31.8. The maximum atomic E-state index is 15.6. The van der Waals surface area contributed by atoms with Gasteiger partial charge in [-0.15, -0.1) is 0 Å². The zero-order chi connectivity index (χ0) is 31.2. The molecule has 0 saturated heterocycles. The van der Waals surface area contributed by atoms with Gasteiger partial charge >= 0.3 is 5.97 Å². The molecular formula is C36H32F2N4O3. The first-order valence-corrected chi connectivity index (χ1v) is 15.3. The lowest BCUT2D eigenvalue weighted by atomic mass is 9.93. The number of benzene rings is 3. The number of halogens is 2. The highest BCUT2D eigenvalue weighted by Crippen LogP contribution is 2.35. The highest BCUT2D eigenvalue weighted by atomic mass is 19.1. The standard InChI is InChI=1S/C36H32F2N4O3/c1-21-28-5-3-2-4-24(28)14-15-41(21)35(43)32-19-33(25-9-11-27(37)12-10-25)42-34(39-32)20-31(40-42)29-13-7-23(18-30(29)38)16-22-6-8-26(17-22)36(44)45/h2-5,7,9-13,18-22,26H,6,8,14-17H2,1H3,(H,44,45)/t21-,22?,26+/m1/s1. The number of carbonyl (C=O) groups is 2. The quantitative estimate of drug-likeness (QED) is 0.222. The molecule has 45 heavy (non-hydrogen) atoms. The molecular weight excluding hydrogens is 574 g/mol. The average Bonchev–Trinajstić information content (AvgIpc) is 3.69. The fourth-order valence-electron chi connectivity index (χ4n) is 6.95. The van der Waals surface area contributed by atoms with E-state index in [9.17, 15) is 19.1 Å². The first-order valence-electron chi connectivity index (χ1n) is 15.3. The lowest BCUT2D eigenvalue weighted by molar-refractivity contribution is -0.141. The number of aromatic nitrogens is 3. The Balaban J connectivity index is 1.24. The van der Waals surface area contributed by atoms with Crippen LogP contribution in [0, 0.1) is 23.5 Å². The van der Waals surface area contributed by atoms with Crippen LogP contribution in [-0.4, -0.2) is 43.0 Å². The maximum Gasteiger partial charge on any atom is 0.306 e. The highest BCUT2D eigenvalue weighted by Gasteiger charge is 2.31. The van der Waals surface area contributed by atoms with Crippen molar-refractivity contribution in [2.24, 2.45) is 11.8 Å². The summed E-state index contributed by atoms with van der Waals surface area (Å²) in [6.07, 6.45) is 3.43. The SMILES string of the molecule is C[C@@H]1c2ccccc2CCN1C(=O)c1cc(-c2ccc(F)cc2)n2nc(-c3ccc(CC4CC[C@H](C(=O)O)C4)cc3F)cc2n1. The smallest absolute Gasteiger partial charge is 0.306 e. The van der Waals surface area contributed by atoms with E-state index in [0.717, 1.165) is 24.0 Å². The van der Waals surface area contributed by atoms with Gasteiger partial charge in [0.15, 0.2) is 5.65 Å². The summed E-state index contributed by atoms with van der Waals surface area (Å²) in [5, 5.41) is 14.0. The molecule has 7 nitrogen and oxygen atoms in total. The number of rotatable bonds is 6. The van der Waals surface area contributed by atoms with E-state index < -0.39 is 11.8 Å². The molecule has 7 rings (SSSR count). The summed E-state index contributed by atoms with van der Waals surface area (Å²) in [6, 6.07) is 22.3. The van der Waals surface area contributed by atoms with E-state index in [4.69, 9.17) is 10.1 Å². The van der Waals surface area contributed by atoms with E-state index in [1.807, 2.05) is 36.1 Å². The van der Waals surface area contributed by atoms with E-state index in [1.54, 1.807) is 34.8 Å². The van der Waals surface area contributed by atoms with E-state index in [-0.39, 0.29) is 35.3 Å². The summed E-state index contributed by atoms with van der Waals surface area (Å²) in [6.45, 7) is 2.56. The number of hydrogen-bond donors (Lipinski definition) is 1. The zero-order valence-corrected chi connectivity index (χ0v) is 24.8. The van der Waals surface area contributed by atoms with Gasteiger partial charge in [-0.05, 0) is 104 Å². The van der Waals surface area contributed by atoms with E-state index in [0.29, 0.717) is 54.0 Å². The van der Waals surface area contributed by atoms with E-state index in [1.165, 1.54) is 23.8 Å². The van der Waals surface area contributed by atoms with Crippen molar-refractivity contribution >= 4 is 17.5 Å². The second-order valence-electron chi connectivity index (χ2n) is 12.2. The molecule has 5 aromatic rings. The Kier molecular flexibility index (Phi) is 7.39. The summed E-state index contributed by atoms with van der Waals surface area (Å²) in [5.74, 6) is -1.94. The Bertz CT molecular complexity index is 1940. The molecule has 1 unspecified atom stereocenters. The van der Waals surface area contributed by atoms with Crippen LogP contribution in [0.1, 0.15) is 59.4 Å². The Labute approximate surface area is 259 Å². The number of hydrogen-bond acceptors (Lipinski definition) is 4. The number of carbonyl (C=O) groups excluding carboxylic acids is 1. The monoisotopic (exact) mass is 606 g/mol. The molecule has 228 valence electrons. The number of fused-ring (bicyclic) bond motifs is 2. The first-order chi connectivity index (χ1) is 21.7. The molecule has 0 spiro atoms. The van der Waals surface area contributed by atoms with Gasteiger partial charge in [0.25, 0.3) is 5.91 Å². The van der Waals surface area contributed by atoms with Gasteiger partial charge in [-0.3, -0.25) is 9.59 Å². The molecule has 3 heterocycles. The number of amides is 1. The van der Waals surface area contributed by atoms with Gasteiger partial charge in [0.05, 0.1) is 23.3 Å². The van der Waals surface area contributed by atoms with Crippen LogP contribution < -0.4 is 0 Å². The molecule has 9 heteroatoms. The van der Waals surface area contributed by atoms with Crippen LogP contribution in [0.25, 0.3) is 28.2 Å². The van der Waals surface area contributed by atoms with Crippen molar-refractivity contribution in [3.8, 4) is 22.5 Å². The third-order valence-electron chi connectivity index (χ3n) is 9.37. The molecule has 0 radical (unpaired) electrons. The van der Waals surface area contributed by atoms with Crippen molar-refractivity contribution in [1.82, 2.24) is 19.5 Å². The fraction of sp³-hybridized carbons (Fsp3) is 0.278. The largest absolute Gasteiger partial charge is 0.481 e. The van der Waals surface area contributed by atoms with Crippen LogP contribution in [0.2, 0.25) is 0 Å². The maximum absolute atomic E-state index is 15.6. The minimum absolute atomic E-state index is 0.137. The van der Waals surface area contributed by atoms with Gasteiger partial charge in [0, 0.05) is 23.7 Å². The minimum atomic E-state index is -0.764. The van der Waals surface area contributed by atoms with Crippen molar-refractivity contribution in [1.29, 1.82) is 0 Å². The highest BCUT2D eigenvalue weighted by molar-refractivity contribution is 5.94. The van der Waals surface area contributed by atoms with Gasteiger partial charge in [-0.1, -0.05) is 30.3 Å². The van der Waals surface area contributed by atoms with Gasteiger partial charge in [0.1, 0.15) is 17.3 Å². The lowest BCUT2D eigenvalue weighted by Crippen LogP contribution is -2.39. The number of carboxylic acids is 1. The molecule has 1 fully saturated rings. The molecule has 1 amide bonds. The van der Waals surface area contributed by atoms with Crippen LogP contribution >= 0.6 is 0 Å². The zero-order valence-electron chi connectivity index (χ0n) is 24.8. The van der Waals surface area contributed by atoms with Crippen LogP contribution in [0.15, 0.2) is 78.9 Å². The molecule has 2 aromatic heterocycles. The molecule has 3 aromatic carbocycles. The topological polar surface area (TPSA) is 87.8 Å². The number of nitrogens with zero attached hydrogens (tertiary/aromatic N) is 4. The predicted molar refractivity (Wildman–Crippen MR) is 166 cm³/mol. The fourth-order valence-corrected chi connectivity index (χ4v) is 6.95. The van der Waals surface area contributed by atoms with Gasteiger partial charge in [0.2, 0.25) is 0 Å². The van der Waals surface area contributed by atoms with Crippen LogP contribution in [0.5, 0.6) is 0 Å². The first kappa shape index (κ1) is 28.8. The van der Waals surface area contributed by atoms with Crippen molar-refractivity contribution in [2.75, 3.05) is 6.54 Å². The Morgan fingerprint density at radius 1 is 0.978 bits per heavy atom. The van der Waals surface area contributed by atoms with E-state index >= 15 is 4.39 Å². The third-order valence-corrected chi connectivity index (χ3v) is 9.37. The molecule has 1 saturated carbocycles. The minimum Gasteiger partial charge on any atom is -0.481 e. The molecule has 1 aliphatic carbocycles. The number of aliphatic carboxylic acids is 1. The molecule has 2 aliphatic rings. The van der Waals surface area contributed by atoms with E-state index in [2.05, 4.69) is 6.07 Å². The molecule has 1 N–H and O–H groups in total. The summed E-state index contributed by atoms with van der Waals surface area (Å²) in [5.41, 5.74) is 5.56. The Hall–Kier alpha value is -4.92. The second kappa shape index (κ2) is 11.5. The number of carboxylic acid groups (broad SMARTS) is 1. The average molecular weight is 607 g/mol. The third kappa shape index (κ3) is 5.47. The lowest BCUT2D eigenvalue weighted by Gasteiger charge is -2.35. The Morgan fingerprint density at radius 2 is 1.78 bits per heavy atom. The van der Waals surface area contributed by atoms with Crippen molar-refractivity contribution < 1.29 is 23.5 Å². The van der Waals surface area contributed by atoms with Gasteiger partial charge < -0.3 is 10.0 Å². The molecule has 3 atom stereocenters. The summed E-state index contributed by atoms with van der Waals surface area (Å²) in [7, 11) is 0. The molecule has 1 aliphatic heterocycles. The Morgan fingerprint density at radius 3 is 2.53 bits per heavy atom. The summed E-state index contributed by atoms with van der Waals surface area (Å²) >= 11 is 0. The van der Waals surface area contributed by atoms with Crippen LogP contribution in [-0.2, 0) is 17.6 Å². The van der Waals surface area contributed by atoms with Crippen molar-refractivity contribution in [2.45, 2.75) is 45.1 Å². The van der Waals surface area contributed by atoms with Gasteiger partial charge in [-0.2, -0.15) is 5.10 Å². The summed E-state index contributed by atoms with van der Waals surface area (Å²) < 4.78 is 31.0. The normalized spacial score (nSPS) is 19.5. The second-order valence-corrected chi connectivity index (χ2v) is 12.2. The molecule has 0 bridgehead atoms. The van der Waals surface area contributed by atoms with Crippen molar-refractivity contribution in [3.05, 3.63) is 113 Å². The van der Waals surface area contributed by atoms with Crippen LogP contribution in [0.3, 0.4) is 0 Å². The van der Waals surface area contributed by atoms with Gasteiger partial charge in [-0.25, -0.2) is 18.3 Å². The van der Waals surface area contributed by atoms with Crippen molar-refractivity contribution in [3.63, 3.8) is 0 Å². The predicted octanol–water partition coefficient (Wildman–Crippen LogP) is 7.14.